The number of likely N-dealkylation sites (N-methyl/N-ethyl adjacent to an activating group) is 1. The zero-order valence-corrected chi connectivity index (χ0v) is 12.3. The average molecular weight is 313 g/mol. The molecule has 0 saturated carbocycles. The molecule has 0 aliphatic rings. The lowest BCUT2D eigenvalue weighted by Crippen LogP contribution is -2.25. The van der Waals surface area contributed by atoms with Crippen LogP contribution in [0.3, 0.4) is 0 Å². The molecule has 98 valence electrons. The molecule has 1 atom stereocenters. The summed E-state index contributed by atoms with van der Waals surface area (Å²) in [5.41, 5.74) is 2.15. The maximum Gasteiger partial charge on any atom is 0.141 e. The second kappa shape index (κ2) is 5.62. The van der Waals surface area contributed by atoms with Crippen molar-refractivity contribution >= 4 is 15.9 Å². The van der Waals surface area contributed by atoms with Crippen LogP contribution in [0.15, 0.2) is 10.8 Å². The first-order valence-corrected chi connectivity index (χ1v) is 6.69. The maximum absolute atomic E-state index is 4.40. The Balaban J connectivity index is 2.24. The van der Waals surface area contributed by atoms with Gasteiger partial charge in [-0.3, -0.25) is 9.78 Å². The summed E-state index contributed by atoms with van der Waals surface area (Å²) in [6.07, 6.45) is 2.34. The van der Waals surface area contributed by atoms with Crippen LogP contribution in [0.5, 0.6) is 0 Å². The smallest absolute Gasteiger partial charge is 0.141 e. The number of halogens is 1. The minimum absolute atomic E-state index is 0.114. The van der Waals surface area contributed by atoms with Crippen LogP contribution in [-0.2, 0) is 13.5 Å². The minimum Gasteiger partial charge on any atom is -0.307 e. The van der Waals surface area contributed by atoms with Crippen LogP contribution in [0, 0.1) is 6.92 Å². The fourth-order valence-corrected chi connectivity index (χ4v) is 2.49. The first kappa shape index (κ1) is 13.2. The Hall–Kier alpha value is -1.21. The normalized spacial score (nSPS) is 12.9. The topological polar surface area (TPSA) is 71.4 Å². The fraction of sp³-hybridized carbons (Fsp3) is 0.545. The molecular weight excluding hydrogens is 296 g/mol. The van der Waals surface area contributed by atoms with Gasteiger partial charge in [0, 0.05) is 13.5 Å². The Bertz CT molecular complexity index is 504. The molecule has 0 aliphatic heterocycles. The van der Waals surface area contributed by atoms with E-state index in [4.69, 9.17) is 0 Å². The van der Waals surface area contributed by atoms with E-state index in [9.17, 15) is 0 Å². The van der Waals surface area contributed by atoms with Gasteiger partial charge in [-0.25, -0.2) is 4.98 Å². The lowest BCUT2D eigenvalue weighted by Gasteiger charge is -2.15. The van der Waals surface area contributed by atoms with E-state index in [1.54, 1.807) is 0 Å². The van der Waals surface area contributed by atoms with E-state index >= 15 is 0 Å². The molecule has 0 saturated heterocycles. The van der Waals surface area contributed by atoms with Gasteiger partial charge in [-0.1, -0.05) is 6.92 Å². The molecule has 0 amide bonds. The monoisotopic (exact) mass is 312 g/mol. The van der Waals surface area contributed by atoms with Crippen molar-refractivity contribution in [2.24, 2.45) is 7.05 Å². The third-order valence-corrected chi connectivity index (χ3v) is 3.90. The highest BCUT2D eigenvalue weighted by atomic mass is 79.9. The summed E-state index contributed by atoms with van der Waals surface area (Å²) in [6.45, 7) is 4.94. The van der Waals surface area contributed by atoms with Gasteiger partial charge >= 0.3 is 0 Å². The maximum atomic E-state index is 4.40. The third kappa shape index (κ3) is 2.62. The van der Waals surface area contributed by atoms with Gasteiger partial charge in [0.1, 0.15) is 12.2 Å². The minimum atomic E-state index is 0.114. The predicted molar refractivity (Wildman–Crippen MR) is 72.1 cm³/mol. The summed E-state index contributed by atoms with van der Waals surface area (Å²) < 4.78 is 2.97. The first-order chi connectivity index (χ1) is 8.63. The quantitative estimate of drug-likeness (QED) is 0.877. The van der Waals surface area contributed by atoms with Crippen molar-refractivity contribution in [3.05, 3.63) is 28.0 Å². The van der Waals surface area contributed by atoms with E-state index < -0.39 is 0 Å². The highest BCUT2D eigenvalue weighted by Gasteiger charge is 2.19. The van der Waals surface area contributed by atoms with Gasteiger partial charge < -0.3 is 5.32 Å². The molecular formula is C11H17BrN6. The summed E-state index contributed by atoms with van der Waals surface area (Å²) in [5.74, 6) is 0.850. The standard InChI is InChI=1S/C11H17BrN6/c1-4-13-8(11-14-6-15-16-11)5-9-10(12)7(2)17-18(9)3/h6,8,13H,4-5H2,1-3H3,(H,14,15,16). The number of nitrogens with one attached hydrogen (secondary N) is 2. The van der Waals surface area contributed by atoms with Gasteiger partial charge in [-0.15, -0.1) is 0 Å². The van der Waals surface area contributed by atoms with Gasteiger partial charge in [-0.2, -0.15) is 10.2 Å². The second-order valence-electron chi connectivity index (χ2n) is 4.15. The molecule has 0 aliphatic carbocycles. The third-order valence-electron chi connectivity index (χ3n) is 2.87. The number of H-pyrrole nitrogens is 1. The van der Waals surface area contributed by atoms with Crippen LogP contribution < -0.4 is 5.32 Å². The molecule has 2 rings (SSSR count). The van der Waals surface area contributed by atoms with E-state index in [2.05, 4.69) is 48.5 Å². The lowest BCUT2D eigenvalue weighted by atomic mass is 10.1. The van der Waals surface area contributed by atoms with Gasteiger partial charge in [0.15, 0.2) is 0 Å². The highest BCUT2D eigenvalue weighted by Crippen LogP contribution is 2.24. The van der Waals surface area contributed by atoms with Crippen molar-refractivity contribution in [2.75, 3.05) is 6.54 Å². The van der Waals surface area contributed by atoms with Crippen LogP contribution in [-0.4, -0.2) is 31.5 Å². The number of rotatable bonds is 5. The molecule has 0 aromatic carbocycles. The van der Waals surface area contributed by atoms with Crippen molar-refractivity contribution in [1.82, 2.24) is 30.3 Å². The molecule has 2 aromatic heterocycles. The number of hydrogen-bond acceptors (Lipinski definition) is 4. The van der Waals surface area contributed by atoms with Crippen molar-refractivity contribution in [3.63, 3.8) is 0 Å². The Kier molecular flexibility index (Phi) is 4.13. The van der Waals surface area contributed by atoms with E-state index in [0.29, 0.717) is 0 Å². The zero-order chi connectivity index (χ0) is 13.1. The summed E-state index contributed by atoms with van der Waals surface area (Å²) in [6, 6.07) is 0.114. The van der Waals surface area contributed by atoms with E-state index in [-0.39, 0.29) is 6.04 Å². The molecule has 6 nitrogen and oxygen atoms in total. The SMILES string of the molecule is CCNC(Cc1c(Br)c(C)nn1C)c1ncn[nH]1. The number of nitrogens with zero attached hydrogens (tertiary/aromatic N) is 4. The molecule has 18 heavy (non-hydrogen) atoms. The molecule has 0 radical (unpaired) electrons. The Morgan fingerprint density at radius 2 is 2.33 bits per heavy atom. The van der Waals surface area contributed by atoms with Crippen LogP contribution in [0.1, 0.15) is 30.2 Å². The zero-order valence-electron chi connectivity index (χ0n) is 10.7. The van der Waals surface area contributed by atoms with Gasteiger partial charge in [-0.05, 0) is 29.4 Å². The lowest BCUT2D eigenvalue weighted by molar-refractivity contribution is 0.505. The number of aryl methyl sites for hydroxylation is 2. The average Bonchev–Trinajstić information content (AvgIpc) is 2.93. The molecule has 1 unspecified atom stereocenters. The van der Waals surface area contributed by atoms with Crippen LogP contribution in [0.25, 0.3) is 0 Å². The molecule has 2 N–H and O–H groups in total. The van der Waals surface area contributed by atoms with Gasteiger partial charge in [0.2, 0.25) is 0 Å². The van der Waals surface area contributed by atoms with Gasteiger partial charge in [0.05, 0.1) is 21.9 Å². The molecule has 0 spiro atoms. The molecule has 0 fully saturated rings. The number of aromatic nitrogens is 5. The van der Waals surface area contributed by atoms with Crippen molar-refractivity contribution in [3.8, 4) is 0 Å². The Morgan fingerprint density at radius 1 is 1.56 bits per heavy atom. The van der Waals surface area contributed by atoms with E-state index in [1.807, 2.05) is 18.7 Å². The molecule has 2 heterocycles. The summed E-state index contributed by atoms with van der Waals surface area (Å²) in [7, 11) is 1.95. The molecule has 7 heteroatoms. The Morgan fingerprint density at radius 3 is 2.83 bits per heavy atom. The fourth-order valence-electron chi connectivity index (χ4n) is 1.99. The Labute approximate surface area is 114 Å². The molecule has 0 bridgehead atoms. The molecule has 2 aromatic rings. The van der Waals surface area contributed by atoms with Gasteiger partial charge in [0.25, 0.3) is 0 Å². The predicted octanol–water partition coefficient (Wildman–Crippen LogP) is 1.50. The van der Waals surface area contributed by atoms with E-state index in [0.717, 1.165) is 34.7 Å². The summed E-state index contributed by atoms with van der Waals surface area (Å²) >= 11 is 3.59. The number of hydrogen-bond donors (Lipinski definition) is 2. The van der Waals surface area contributed by atoms with Crippen molar-refractivity contribution in [2.45, 2.75) is 26.3 Å². The van der Waals surface area contributed by atoms with Crippen LogP contribution >= 0.6 is 15.9 Å². The van der Waals surface area contributed by atoms with Crippen molar-refractivity contribution < 1.29 is 0 Å². The van der Waals surface area contributed by atoms with Crippen LogP contribution in [0.4, 0.5) is 0 Å². The van der Waals surface area contributed by atoms with E-state index in [1.165, 1.54) is 6.33 Å². The van der Waals surface area contributed by atoms with Crippen molar-refractivity contribution in [1.29, 1.82) is 0 Å². The largest absolute Gasteiger partial charge is 0.307 e. The summed E-state index contributed by atoms with van der Waals surface area (Å²) in [5, 5.41) is 14.6. The highest BCUT2D eigenvalue weighted by molar-refractivity contribution is 9.10. The number of aromatic amines is 1. The van der Waals surface area contributed by atoms with Crippen LogP contribution in [0.2, 0.25) is 0 Å². The first-order valence-electron chi connectivity index (χ1n) is 5.90. The second-order valence-corrected chi connectivity index (χ2v) is 4.95. The summed E-state index contributed by atoms with van der Waals surface area (Å²) in [4.78, 5) is 4.22.